The molecule has 0 aliphatic rings. The number of hydrogen-bond donors (Lipinski definition) is 0. The molecule has 0 spiro atoms. The first kappa shape index (κ1) is 13.5. The van der Waals surface area contributed by atoms with Crippen LogP contribution in [0.5, 0.6) is 5.75 Å². The van der Waals surface area contributed by atoms with Crippen molar-refractivity contribution in [2.24, 2.45) is 0 Å². The Morgan fingerprint density at radius 2 is 2.06 bits per heavy atom. The first-order valence-electron chi connectivity index (χ1n) is 6.00. The summed E-state index contributed by atoms with van der Waals surface area (Å²) >= 11 is 0. The van der Waals surface area contributed by atoms with Gasteiger partial charge < -0.3 is 4.74 Å². The van der Waals surface area contributed by atoms with E-state index in [9.17, 15) is 4.79 Å². The van der Waals surface area contributed by atoms with Crippen molar-refractivity contribution in [1.29, 1.82) is 0 Å². The van der Waals surface area contributed by atoms with Gasteiger partial charge in [-0.1, -0.05) is 38.5 Å². The lowest BCUT2D eigenvalue weighted by Crippen LogP contribution is -2.03. The lowest BCUT2D eigenvalue weighted by Gasteiger charge is -2.16. The standard InChI is InChI=1S/C15H20O2/c1-4-5-6-15(12(2)11-16)13-7-9-14(17-3)10-8-13/h7-11,15H,2,4-6H2,1,3H3/t15-/m0/s1. The van der Waals surface area contributed by atoms with Crippen LogP contribution in [0.15, 0.2) is 36.4 Å². The minimum absolute atomic E-state index is 0.137. The predicted octanol–water partition coefficient (Wildman–Crippen LogP) is 3.72. The van der Waals surface area contributed by atoms with E-state index in [1.807, 2.05) is 24.3 Å². The average molecular weight is 232 g/mol. The van der Waals surface area contributed by atoms with E-state index in [4.69, 9.17) is 4.74 Å². The molecule has 0 fully saturated rings. The summed E-state index contributed by atoms with van der Waals surface area (Å²) in [6.07, 6.45) is 4.06. The van der Waals surface area contributed by atoms with E-state index in [1.54, 1.807) is 7.11 Å². The summed E-state index contributed by atoms with van der Waals surface area (Å²) in [5.41, 5.74) is 1.79. The molecule has 0 radical (unpaired) electrons. The zero-order valence-electron chi connectivity index (χ0n) is 10.6. The summed E-state index contributed by atoms with van der Waals surface area (Å²) in [6.45, 7) is 5.99. The Morgan fingerprint density at radius 1 is 1.41 bits per heavy atom. The predicted molar refractivity (Wildman–Crippen MR) is 70.5 cm³/mol. The molecule has 2 heteroatoms. The second-order valence-electron chi connectivity index (χ2n) is 4.16. The first-order chi connectivity index (χ1) is 8.22. The molecule has 92 valence electrons. The molecule has 0 aromatic heterocycles. The molecule has 1 aromatic rings. The van der Waals surface area contributed by atoms with E-state index in [0.717, 1.165) is 36.9 Å². The van der Waals surface area contributed by atoms with E-state index < -0.39 is 0 Å². The average Bonchev–Trinajstić information content (AvgIpc) is 2.39. The molecule has 2 nitrogen and oxygen atoms in total. The molecular formula is C15H20O2. The van der Waals surface area contributed by atoms with Crippen LogP contribution in [0.1, 0.15) is 37.7 Å². The van der Waals surface area contributed by atoms with E-state index in [-0.39, 0.29) is 5.92 Å². The van der Waals surface area contributed by atoms with E-state index in [2.05, 4.69) is 13.5 Å². The number of carbonyl (C=O) groups is 1. The van der Waals surface area contributed by atoms with Gasteiger partial charge in [0.2, 0.25) is 0 Å². The highest BCUT2D eigenvalue weighted by molar-refractivity contribution is 5.74. The van der Waals surface area contributed by atoms with Gasteiger partial charge in [-0.15, -0.1) is 0 Å². The van der Waals surface area contributed by atoms with Crippen molar-refractivity contribution in [3.63, 3.8) is 0 Å². The van der Waals surface area contributed by atoms with Gasteiger partial charge in [0.05, 0.1) is 7.11 Å². The van der Waals surface area contributed by atoms with Crippen LogP contribution in [0.25, 0.3) is 0 Å². The fourth-order valence-electron chi connectivity index (χ4n) is 1.89. The Labute approximate surface area is 103 Å². The summed E-state index contributed by atoms with van der Waals surface area (Å²) in [4.78, 5) is 10.9. The van der Waals surface area contributed by atoms with E-state index in [1.165, 1.54) is 0 Å². The maximum Gasteiger partial charge on any atom is 0.146 e. The van der Waals surface area contributed by atoms with Gasteiger partial charge in [0, 0.05) is 5.92 Å². The number of unbranched alkanes of at least 4 members (excludes halogenated alkanes) is 1. The highest BCUT2D eigenvalue weighted by Gasteiger charge is 2.14. The fraction of sp³-hybridized carbons (Fsp3) is 0.400. The highest BCUT2D eigenvalue weighted by atomic mass is 16.5. The van der Waals surface area contributed by atoms with Crippen LogP contribution in [-0.4, -0.2) is 13.4 Å². The molecule has 0 saturated heterocycles. The Balaban J connectivity index is 2.87. The molecule has 0 aliphatic heterocycles. The van der Waals surface area contributed by atoms with Crippen molar-refractivity contribution in [3.05, 3.63) is 42.0 Å². The zero-order valence-corrected chi connectivity index (χ0v) is 10.6. The van der Waals surface area contributed by atoms with Gasteiger partial charge in [-0.2, -0.15) is 0 Å². The third-order valence-electron chi connectivity index (χ3n) is 2.96. The number of ether oxygens (including phenoxy) is 1. The zero-order chi connectivity index (χ0) is 12.7. The Bertz CT molecular complexity index is 365. The maximum absolute atomic E-state index is 10.9. The van der Waals surface area contributed by atoms with Crippen molar-refractivity contribution in [2.45, 2.75) is 32.1 Å². The number of rotatable bonds is 7. The number of methoxy groups -OCH3 is 1. The maximum atomic E-state index is 10.9. The van der Waals surface area contributed by atoms with Crippen LogP contribution >= 0.6 is 0 Å². The van der Waals surface area contributed by atoms with Crippen molar-refractivity contribution < 1.29 is 9.53 Å². The molecule has 0 amide bonds. The fourth-order valence-corrected chi connectivity index (χ4v) is 1.89. The molecule has 1 atom stereocenters. The van der Waals surface area contributed by atoms with Gasteiger partial charge >= 0.3 is 0 Å². The largest absolute Gasteiger partial charge is 0.497 e. The monoisotopic (exact) mass is 232 g/mol. The molecule has 0 heterocycles. The van der Waals surface area contributed by atoms with Crippen LogP contribution in [0, 0.1) is 0 Å². The molecule has 0 bridgehead atoms. The minimum atomic E-state index is 0.137. The Kier molecular flexibility index (Phi) is 5.47. The van der Waals surface area contributed by atoms with Crippen LogP contribution in [0.3, 0.4) is 0 Å². The number of carbonyl (C=O) groups excluding carboxylic acids is 1. The van der Waals surface area contributed by atoms with E-state index >= 15 is 0 Å². The number of allylic oxidation sites excluding steroid dienone is 1. The molecule has 0 aliphatic carbocycles. The molecule has 0 N–H and O–H groups in total. The van der Waals surface area contributed by atoms with Crippen molar-refractivity contribution in [3.8, 4) is 5.75 Å². The lowest BCUT2D eigenvalue weighted by atomic mass is 9.88. The number of hydrogen-bond acceptors (Lipinski definition) is 2. The quantitative estimate of drug-likeness (QED) is 0.529. The van der Waals surface area contributed by atoms with Gasteiger partial charge in [-0.05, 0) is 29.7 Å². The second-order valence-corrected chi connectivity index (χ2v) is 4.16. The third-order valence-corrected chi connectivity index (χ3v) is 2.96. The van der Waals surface area contributed by atoms with Crippen molar-refractivity contribution in [1.82, 2.24) is 0 Å². The highest BCUT2D eigenvalue weighted by Crippen LogP contribution is 2.29. The number of aldehydes is 1. The van der Waals surface area contributed by atoms with Gasteiger partial charge in [0.25, 0.3) is 0 Å². The summed E-state index contributed by atoms with van der Waals surface area (Å²) < 4.78 is 5.12. The number of benzene rings is 1. The van der Waals surface area contributed by atoms with E-state index in [0.29, 0.717) is 5.57 Å². The first-order valence-corrected chi connectivity index (χ1v) is 6.00. The summed E-state index contributed by atoms with van der Waals surface area (Å²) in [6, 6.07) is 7.86. The molecule has 1 aromatic carbocycles. The van der Waals surface area contributed by atoms with Gasteiger partial charge in [0.15, 0.2) is 0 Å². The Hall–Kier alpha value is -1.57. The summed E-state index contributed by atoms with van der Waals surface area (Å²) in [7, 11) is 1.65. The van der Waals surface area contributed by atoms with Crippen LogP contribution in [0.4, 0.5) is 0 Å². The lowest BCUT2D eigenvalue weighted by molar-refractivity contribution is -0.105. The molecule has 1 rings (SSSR count). The molecule has 0 saturated carbocycles. The molecule has 0 unspecified atom stereocenters. The van der Waals surface area contributed by atoms with Crippen LogP contribution in [-0.2, 0) is 4.79 Å². The smallest absolute Gasteiger partial charge is 0.146 e. The molecule has 17 heavy (non-hydrogen) atoms. The van der Waals surface area contributed by atoms with Gasteiger partial charge in [0.1, 0.15) is 12.0 Å². The topological polar surface area (TPSA) is 26.3 Å². The van der Waals surface area contributed by atoms with Crippen LogP contribution in [0.2, 0.25) is 0 Å². The van der Waals surface area contributed by atoms with Gasteiger partial charge in [-0.3, -0.25) is 4.79 Å². The van der Waals surface area contributed by atoms with Crippen molar-refractivity contribution >= 4 is 6.29 Å². The second kappa shape index (κ2) is 6.89. The third kappa shape index (κ3) is 3.74. The molecular weight excluding hydrogens is 212 g/mol. The van der Waals surface area contributed by atoms with Gasteiger partial charge in [-0.25, -0.2) is 0 Å². The van der Waals surface area contributed by atoms with Crippen molar-refractivity contribution in [2.75, 3.05) is 7.11 Å². The summed E-state index contributed by atoms with van der Waals surface area (Å²) in [5, 5.41) is 0. The minimum Gasteiger partial charge on any atom is -0.497 e. The summed E-state index contributed by atoms with van der Waals surface area (Å²) in [5.74, 6) is 0.970. The Morgan fingerprint density at radius 3 is 2.53 bits per heavy atom. The SMILES string of the molecule is C=C(C=O)[C@H](CCCC)c1ccc(OC)cc1. The van der Waals surface area contributed by atoms with Crippen LogP contribution < -0.4 is 4.74 Å². The normalized spacial score (nSPS) is 11.9.